The number of rotatable bonds is 9. The van der Waals surface area contributed by atoms with Crippen molar-refractivity contribution >= 4 is 17.5 Å². The van der Waals surface area contributed by atoms with E-state index in [1.54, 1.807) is 53.4 Å². The molecule has 0 aromatic heterocycles. The fourth-order valence-corrected chi connectivity index (χ4v) is 3.10. The molecular weight excluding hydrogens is 396 g/mol. The van der Waals surface area contributed by atoms with E-state index in [1.165, 1.54) is 4.90 Å². The van der Waals surface area contributed by atoms with Crippen molar-refractivity contribution in [2.45, 2.75) is 6.42 Å². The second kappa shape index (κ2) is 10.7. The van der Waals surface area contributed by atoms with Crippen LogP contribution in [-0.2, 0) is 9.59 Å². The van der Waals surface area contributed by atoms with E-state index >= 15 is 0 Å². The third-order valence-electron chi connectivity index (χ3n) is 4.82. The number of benzene rings is 2. The zero-order chi connectivity index (χ0) is 22.1. The summed E-state index contributed by atoms with van der Waals surface area (Å²) < 4.78 is 11.2. The molecule has 1 saturated heterocycles. The maximum Gasteiger partial charge on any atom is 0.312 e. The normalized spacial score (nSPS) is 13.5. The first-order valence-electron chi connectivity index (χ1n) is 9.92. The average Bonchev–Trinajstić information content (AvgIpc) is 2.81. The summed E-state index contributed by atoms with van der Waals surface area (Å²) in [5.41, 5.74) is 1.10. The third kappa shape index (κ3) is 5.97. The zero-order valence-electron chi connectivity index (χ0n) is 17.0. The van der Waals surface area contributed by atoms with Gasteiger partial charge >= 0.3 is 11.8 Å². The van der Waals surface area contributed by atoms with Crippen LogP contribution in [0.15, 0.2) is 48.5 Å². The smallest absolute Gasteiger partial charge is 0.312 e. The van der Waals surface area contributed by atoms with E-state index in [0.717, 1.165) is 0 Å². The van der Waals surface area contributed by atoms with E-state index < -0.39 is 11.8 Å². The maximum atomic E-state index is 12.4. The van der Waals surface area contributed by atoms with Crippen molar-refractivity contribution in [2.24, 2.45) is 0 Å². The summed E-state index contributed by atoms with van der Waals surface area (Å²) in [6.07, 6.45) is 0.603. The van der Waals surface area contributed by atoms with Crippen molar-refractivity contribution in [1.29, 1.82) is 5.26 Å². The van der Waals surface area contributed by atoms with Crippen molar-refractivity contribution in [2.75, 3.05) is 39.4 Å². The van der Waals surface area contributed by atoms with Gasteiger partial charge in [0.15, 0.2) is 5.69 Å². The average molecular weight is 418 g/mol. The molecule has 3 rings (SSSR count). The van der Waals surface area contributed by atoms with Crippen LogP contribution in [0, 0.1) is 17.9 Å². The molecule has 31 heavy (non-hydrogen) atoms. The van der Waals surface area contributed by atoms with Crippen LogP contribution < -0.4 is 9.47 Å². The van der Waals surface area contributed by atoms with E-state index in [0.29, 0.717) is 62.0 Å². The Morgan fingerprint density at radius 2 is 1.42 bits per heavy atom. The van der Waals surface area contributed by atoms with Crippen LogP contribution in [-0.4, -0.2) is 61.0 Å². The third-order valence-corrected chi connectivity index (χ3v) is 4.82. The molecule has 0 aliphatic carbocycles. The molecule has 1 aliphatic rings. The molecule has 0 radical (unpaired) electrons. The van der Waals surface area contributed by atoms with Gasteiger partial charge in [-0.2, -0.15) is 5.26 Å². The topological polar surface area (TPSA) is 87.2 Å². The fourth-order valence-electron chi connectivity index (χ4n) is 3.10. The number of hydrogen-bond acceptors (Lipinski definition) is 5. The Bertz CT molecular complexity index is 990. The summed E-state index contributed by atoms with van der Waals surface area (Å²) in [4.78, 5) is 31.1. The van der Waals surface area contributed by atoms with Gasteiger partial charge in [-0.05, 0) is 42.8 Å². The number of hydrogen-bond donors (Lipinski definition) is 0. The maximum absolute atomic E-state index is 12.4. The molecule has 0 atom stereocenters. The lowest BCUT2D eigenvalue weighted by molar-refractivity contribution is -0.156. The monoisotopic (exact) mass is 418 g/mol. The first kappa shape index (κ1) is 21.7. The molecule has 0 unspecified atom stereocenters. The lowest BCUT2D eigenvalue weighted by Gasteiger charge is -2.33. The van der Waals surface area contributed by atoms with Gasteiger partial charge in [-0.1, -0.05) is 12.1 Å². The fraction of sp³-hybridized carbons (Fsp3) is 0.304. The van der Waals surface area contributed by atoms with Crippen molar-refractivity contribution < 1.29 is 19.1 Å². The molecule has 2 aromatic carbocycles. The predicted molar refractivity (Wildman–Crippen MR) is 113 cm³/mol. The summed E-state index contributed by atoms with van der Waals surface area (Å²) in [7, 11) is 0. The predicted octanol–water partition coefficient (Wildman–Crippen LogP) is 2.63. The molecule has 1 aliphatic heterocycles. The Balaban J connectivity index is 1.36. The first-order valence-corrected chi connectivity index (χ1v) is 9.92. The highest BCUT2D eigenvalue weighted by molar-refractivity contribution is 6.35. The van der Waals surface area contributed by atoms with Gasteiger partial charge in [-0.3, -0.25) is 9.59 Å². The zero-order valence-corrected chi connectivity index (χ0v) is 17.0. The molecular formula is C23H22N4O4. The number of carbonyl (C=O) groups excluding carboxylic acids is 2. The molecule has 0 bridgehead atoms. The minimum absolute atomic E-state index is 0.269. The minimum Gasteiger partial charge on any atom is -0.494 e. The molecule has 0 spiro atoms. The number of piperazine rings is 1. The molecule has 8 heteroatoms. The van der Waals surface area contributed by atoms with Crippen LogP contribution in [0.25, 0.3) is 4.85 Å². The molecule has 2 aromatic rings. The van der Waals surface area contributed by atoms with E-state index in [4.69, 9.17) is 21.3 Å². The van der Waals surface area contributed by atoms with E-state index in [-0.39, 0.29) is 6.61 Å². The summed E-state index contributed by atoms with van der Waals surface area (Å²) >= 11 is 0. The lowest BCUT2D eigenvalue weighted by atomic mass is 10.2. The van der Waals surface area contributed by atoms with Gasteiger partial charge < -0.3 is 19.3 Å². The van der Waals surface area contributed by atoms with Crippen molar-refractivity contribution in [3.05, 3.63) is 65.5 Å². The van der Waals surface area contributed by atoms with Gasteiger partial charge in [0.2, 0.25) is 0 Å². The highest BCUT2D eigenvalue weighted by Gasteiger charge is 2.31. The van der Waals surface area contributed by atoms with E-state index in [2.05, 4.69) is 4.85 Å². The largest absolute Gasteiger partial charge is 0.494 e. The van der Waals surface area contributed by atoms with Gasteiger partial charge in [-0.25, -0.2) is 4.85 Å². The summed E-state index contributed by atoms with van der Waals surface area (Å²) in [5, 5.41) is 8.80. The molecule has 1 fully saturated rings. The molecule has 2 amide bonds. The Kier molecular flexibility index (Phi) is 7.45. The molecule has 0 N–H and O–H groups in total. The molecule has 8 nitrogen and oxygen atoms in total. The van der Waals surface area contributed by atoms with Crippen LogP contribution >= 0.6 is 0 Å². The highest BCUT2D eigenvalue weighted by Crippen LogP contribution is 2.18. The Hall–Kier alpha value is -4.04. The summed E-state index contributed by atoms with van der Waals surface area (Å²) in [6, 6.07) is 15.6. The van der Waals surface area contributed by atoms with Crippen LogP contribution in [0.5, 0.6) is 11.5 Å². The first-order chi connectivity index (χ1) is 15.1. The SMILES string of the molecule is [C-]#[N+]c1ccc(OCCCN2CCN(CCOc3ccc(C#N)cc3)C(=O)C2=O)cc1. The standard InChI is InChI=1S/C23H22N4O4/c1-25-19-5-9-21(10-6-19)30-15-2-11-26-12-13-27(23(29)22(26)28)14-16-31-20-7-3-18(17-24)4-8-20/h3-10H,2,11-16H2. The van der Waals surface area contributed by atoms with Crippen LogP contribution in [0.1, 0.15) is 12.0 Å². The lowest BCUT2D eigenvalue weighted by Crippen LogP contribution is -2.55. The number of nitrogens with zero attached hydrogens (tertiary/aromatic N) is 4. The Morgan fingerprint density at radius 1 is 0.871 bits per heavy atom. The summed E-state index contributed by atoms with van der Waals surface area (Å²) in [5.74, 6) is 0.249. The van der Waals surface area contributed by atoms with Gasteiger partial charge in [0.1, 0.15) is 18.1 Å². The summed E-state index contributed by atoms with van der Waals surface area (Å²) in [6.45, 7) is 9.32. The van der Waals surface area contributed by atoms with Gasteiger partial charge in [0.05, 0.1) is 31.4 Å². The molecule has 0 saturated carbocycles. The number of carbonyl (C=O) groups is 2. The van der Waals surface area contributed by atoms with Crippen molar-refractivity contribution in [3.63, 3.8) is 0 Å². The minimum atomic E-state index is -0.523. The number of nitriles is 1. The quantitative estimate of drug-likeness (QED) is 0.355. The Morgan fingerprint density at radius 3 is 2.00 bits per heavy atom. The van der Waals surface area contributed by atoms with Crippen LogP contribution in [0.2, 0.25) is 0 Å². The van der Waals surface area contributed by atoms with E-state index in [9.17, 15) is 9.59 Å². The second-order valence-corrected chi connectivity index (χ2v) is 6.88. The van der Waals surface area contributed by atoms with Gasteiger partial charge in [0.25, 0.3) is 0 Å². The van der Waals surface area contributed by atoms with Crippen LogP contribution in [0.3, 0.4) is 0 Å². The Labute approximate surface area is 181 Å². The highest BCUT2D eigenvalue weighted by atomic mass is 16.5. The molecule has 1 heterocycles. The van der Waals surface area contributed by atoms with Crippen LogP contribution in [0.4, 0.5) is 5.69 Å². The van der Waals surface area contributed by atoms with Crippen molar-refractivity contribution in [3.8, 4) is 17.6 Å². The van der Waals surface area contributed by atoms with Crippen molar-refractivity contribution in [1.82, 2.24) is 9.80 Å². The number of ether oxygens (including phenoxy) is 2. The number of amides is 2. The second-order valence-electron chi connectivity index (χ2n) is 6.88. The van der Waals surface area contributed by atoms with Gasteiger partial charge in [-0.15, -0.1) is 0 Å². The van der Waals surface area contributed by atoms with E-state index in [1.807, 2.05) is 6.07 Å². The van der Waals surface area contributed by atoms with Gasteiger partial charge in [0, 0.05) is 19.6 Å². The molecule has 158 valence electrons.